The summed E-state index contributed by atoms with van der Waals surface area (Å²) < 4.78 is 0. The van der Waals surface area contributed by atoms with Crippen LogP contribution in [-0.4, -0.2) is 63.0 Å². The van der Waals surface area contributed by atoms with Crippen molar-refractivity contribution in [3.63, 3.8) is 0 Å². The maximum absolute atomic E-state index is 11.9. The summed E-state index contributed by atoms with van der Waals surface area (Å²) >= 11 is 0. The molecule has 2 aromatic heterocycles. The molecule has 3 fully saturated rings. The molecule has 1 aromatic carbocycles. The molecule has 2 aliphatic heterocycles. The number of hydrogen-bond donors (Lipinski definition) is 2. The summed E-state index contributed by atoms with van der Waals surface area (Å²) in [6, 6.07) is 9.55. The van der Waals surface area contributed by atoms with Crippen LogP contribution in [0.1, 0.15) is 24.8 Å². The van der Waals surface area contributed by atoms with Gasteiger partial charge in [0.2, 0.25) is 17.8 Å². The Balaban J connectivity index is 1.14. The lowest BCUT2D eigenvalue weighted by molar-refractivity contribution is -0.117. The van der Waals surface area contributed by atoms with Crippen molar-refractivity contribution in [2.45, 2.75) is 38.3 Å². The number of aromatic nitrogens is 4. The Labute approximate surface area is 198 Å². The summed E-state index contributed by atoms with van der Waals surface area (Å²) in [5.74, 6) is 0.940. The molecule has 6 rings (SSSR count). The Bertz CT molecular complexity index is 1220. The van der Waals surface area contributed by atoms with Crippen LogP contribution in [0.15, 0.2) is 42.9 Å². The molecule has 9 heteroatoms. The van der Waals surface area contributed by atoms with Crippen LogP contribution in [0, 0.1) is 12.8 Å². The zero-order valence-electron chi connectivity index (χ0n) is 19.4. The molecule has 2 bridgehead atoms. The molecule has 2 saturated heterocycles. The monoisotopic (exact) mass is 456 g/mol. The molecule has 3 aliphatic rings. The fraction of sp³-hybridized carbons (Fsp3) is 0.400. The third-order valence-corrected chi connectivity index (χ3v) is 7.06. The van der Waals surface area contributed by atoms with E-state index in [2.05, 4.69) is 72.5 Å². The van der Waals surface area contributed by atoms with Gasteiger partial charge in [-0.05, 0) is 63.1 Å². The average Bonchev–Trinajstić information content (AvgIpc) is 3.53. The fourth-order valence-corrected chi connectivity index (χ4v) is 5.01. The number of nitrogens with zero attached hydrogens (tertiary/aromatic N) is 6. The van der Waals surface area contributed by atoms with Gasteiger partial charge in [0, 0.05) is 66.6 Å². The number of aryl methyl sites for hydroxylation is 1. The van der Waals surface area contributed by atoms with Crippen molar-refractivity contribution in [1.29, 1.82) is 0 Å². The zero-order valence-corrected chi connectivity index (χ0v) is 19.4. The van der Waals surface area contributed by atoms with Crippen molar-refractivity contribution < 1.29 is 4.79 Å². The number of piperazine rings is 1. The number of likely N-dealkylation sites (tertiary alicyclic amines) is 1. The van der Waals surface area contributed by atoms with Gasteiger partial charge in [0.1, 0.15) is 0 Å². The molecule has 3 aromatic rings. The number of hydrogen-bond acceptors (Lipinski definition) is 8. The largest absolute Gasteiger partial charge is 0.365 e. The molecule has 34 heavy (non-hydrogen) atoms. The van der Waals surface area contributed by atoms with Crippen molar-refractivity contribution in [2.24, 2.45) is 5.92 Å². The average molecular weight is 457 g/mol. The molecule has 1 saturated carbocycles. The van der Waals surface area contributed by atoms with Crippen molar-refractivity contribution in [3.05, 3.63) is 48.4 Å². The third kappa shape index (κ3) is 4.07. The highest BCUT2D eigenvalue weighted by Gasteiger charge is 2.41. The normalized spacial score (nSPS) is 21.6. The number of anilines is 4. The van der Waals surface area contributed by atoms with E-state index in [1.165, 1.54) is 17.7 Å². The van der Waals surface area contributed by atoms with E-state index < -0.39 is 0 Å². The van der Waals surface area contributed by atoms with Gasteiger partial charge in [-0.2, -0.15) is 0 Å². The van der Waals surface area contributed by atoms with Gasteiger partial charge in [-0.15, -0.1) is 0 Å². The number of carbonyl (C=O) groups excluding carboxylic acids is 1. The van der Waals surface area contributed by atoms with Crippen molar-refractivity contribution in [2.75, 3.05) is 35.7 Å². The molecule has 0 spiro atoms. The van der Waals surface area contributed by atoms with E-state index >= 15 is 0 Å². The Hall–Kier alpha value is -3.59. The lowest BCUT2D eigenvalue weighted by Gasteiger charge is -2.34. The van der Waals surface area contributed by atoms with Crippen molar-refractivity contribution in [3.8, 4) is 11.3 Å². The number of carbonyl (C=O) groups is 1. The second-order valence-electron chi connectivity index (χ2n) is 9.59. The van der Waals surface area contributed by atoms with E-state index in [0.29, 0.717) is 29.7 Å². The molecule has 1 amide bonds. The number of nitrogens with one attached hydrogen (secondary N) is 2. The van der Waals surface area contributed by atoms with E-state index in [4.69, 9.17) is 0 Å². The summed E-state index contributed by atoms with van der Waals surface area (Å²) in [4.78, 5) is 34.5. The van der Waals surface area contributed by atoms with Gasteiger partial charge in [-0.3, -0.25) is 15.0 Å². The standard InChI is InChI=1S/C25H28N8O/c1-15-9-18(5-6-22(15)33-14-19-10-20(33)13-32(19)2)29-25-26-8-7-21(30-25)17-11-27-24(28-12-17)31-23(34)16-3-4-16/h5-9,11-12,16,19-20H,3-4,10,13-14H2,1-2H3,(H,26,29,30)(H,27,28,31,34). The summed E-state index contributed by atoms with van der Waals surface area (Å²) in [6.45, 7) is 4.40. The first-order valence-corrected chi connectivity index (χ1v) is 11.8. The number of amides is 1. The minimum atomic E-state index is -0.00726. The van der Waals surface area contributed by atoms with Crippen LogP contribution in [0.2, 0.25) is 0 Å². The van der Waals surface area contributed by atoms with E-state index in [1.807, 2.05) is 6.07 Å². The van der Waals surface area contributed by atoms with Gasteiger partial charge in [0.15, 0.2) is 0 Å². The topological polar surface area (TPSA) is 99.2 Å². The second kappa shape index (κ2) is 8.32. The Morgan fingerprint density at radius 2 is 1.85 bits per heavy atom. The fourth-order valence-electron chi connectivity index (χ4n) is 5.01. The molecule has 2 unspecified atom stereocenters. The summed E-state index contributed by atoms with van der Waals surface area (Å²) in [5.41, 5.74) is 4.98. The van der Waals surface area contributed by atoms with Crippen LogP contribution < -0.4 is 15.5 Å². The Morgan fingerprint density at radius 1 is 1.03 bits per heavy atom. The van der Waals surface area contributed by atoms with Crippen LogP contribution in [0.5, 0.6) is 0 Å². The van der Waals surface area contributed by atoms with E-state index in [-0.39, 0.29) is 11.8 Å². The first-order valence-electron chi connectivity index (χ1n) is 11.8. The molecule has 4 heterocycles. The van der Waals surface area contributed by atoms with E-state index in [1.54, 1.807) is 18.6 Å². The van der Waals surface area contributed by atoms with Gasteiger partial charge in [0.25, 0.3) is 0 Å². The maximum Gasteiger partial charge on any atom is 0.229 e. The van der Waals surface area contributed by atoms with Gasteiger partial charge in [0.05, 0.1) is 5.69 Å². The molecule has 2 N–H and O–H groups in total. The van der Waals surface area contributed by atoms with Crippen molar-refractivity contribution in [1.82, 2.24) is 24.8 Å². The van der Waals surface area contributed by atoms with Crippen LogP contribution in [0.4, 0.5) is 23.3 Å². The highest BCUT2D eigenvalue weighted by Crippen LogP contribution is 2.36. The first kappa shape index (κ1) is 21.0. The summed E-state index contributed by atoms with van der Waals surface area (Å²) in [6.07, 6.45) is 8.20. The molecule has 9 nitrogen and oxygen atoms in total. The van der Waals surface area contributed by atoms with E-state index in [9.17, 15) is 4.79 Å². The highest BCUT2D eigenvalue weighted by atomic mass is 16.2. The quantitative estimate of drug-likeness (QED) is 0.583. The minimum absolute atomic E-state index is 0.00726. The molecular formula is C25H28N8O. The van der Waals surface area contributed by atoms with Crippen LogP contribution in [-0.2, 0) is 4.79 Å². The summed E-state index contributed by atoms with van der Waals surface area (Å²) in [7, 11) is 2.23. The van der Waals surface area contributed by atoms with Crippen molar-refractivity contribution >= 4 is 29.2 Å². The number of fused-ring (bicyclic) bond motifs is 2. The number of benzene rings is 1. The predicted molar refractivity (Wildman–Crippen MR) is 131 cm³/mol. The number of likely N-dealkylation sites (N-methyl/N-ethyl adjacent to an activating group) is 1. The molecule has 0 radical (unpaired) electrons. The number of rotatable bonds is 6. The van der Waals surface area contributed by atoms with Gasteiger partial charge >= 0.3 is 0 Å². The Morgan fingerprint density at radius 3 is 2.53 bits per heavy atom. The smallest absolute Gasteiger partial charge is 0.229 e. The lowest BCUT2D eigenvalue weighted by atomic mass is 10.1. The van der Waals surface area contributed by atoms with Crippen LogP contribution >= 0.6 is 0 Å². The molecule has 1 aliphatic carbocycles. The third-order valence-electron chi connectivity index (χ3n) is 7.06. The maximum atomic E-state index is 11.9. The van der Waals surface area contributed by atoms with Gasteiger partial charge < -0.3 is 10.2 Å². The van der Waals surface area contributed by atoms with Gasteiger partial charge in [-0.25, -0.2) is 19.9 Å². The molecule has 2 atom stereocenters. The van der Waals surface area contributed by atoms with Crippen LogP contribution in [0.3, 0.4) is 0 Å². The van der Waals surface area contributed by atoms with Crippen LogP contribution in [0.25, 0.3) is 11.3 Å². The first-order chi connectivity index (χ1) is 16.5. The lowest BCUT2D eigenvalue weighted by Crippen LogP contribution is -2.44. The molecular weight excluding hydrogens is 428 g/mol. The summed E-state index contributed by atoms with van der Waals surface area (Å²) in [5, 5.41) is 6.08. The zero-order chi connectivity index (χ0) is 23.2. The predicted octanol–water partition coefficient (Wildman–Crippen LogP) is 3.23. The SMILES string of the molecule is Cc1cc(Nc2nccc(-c3cnc(NC(=O)C4CC4)nc3)n2)ccc1N1CC2CC1CN2C. The molecule has 174 valence electrons. The highest BCUT2D eigenvalue weighted by molar-refractivity contribution is 5.92. The van der Waals surface area contributed by atoms with Gasteiger partial charge in [-0.1, -0.05) is 0 Å². The Kier molecular flexibility index (Phi) is 5.13. The minimum Gasteiger partial charge on any atom is -0.365 e. The second-order valence-corrected chi connectivity index (χ2v) is 9.59. The van der Waals surface area contributed by atoms with E-state index in [0.717, 1.165) is 37.2 Å².